The van der Waals surface area contributed by atoms with Gasteiger partial charge in [-0.3, -0.25) is 0 Å². The number of thiocarbonyl (C=S) groups is 1. The van der Waals surface area contributed by atoms with Gasteiger partial charge < -0.3 is 4.43 Å². The van der Waals surface area contributed by atoms with E-state index in [1.54, 1.807) is 0 Å². The van der Waals surface area contributed by atoms with Crippen LogP contribution in [0.5, 0.6) is 0 Å². The van der Waals surface area contributed by atoms with E-state index in [-0.39, 0.29) is 0 Å². The van der Waals surface area contributed by atoms with Crippen molar-refractivity contribution in [3.05, 3.63) is 0 Å². The Morgan fingerprint density at radius 3 is 2.71 bits per heavy atom. The largest absolute Gasteiger partial charge is 0.548 e. The summed E-state index contributed by atoms with van der Waals surface area (Å²) in [5, 5.41) is 0.536. The minimum absolute atomic E-state index is 0.471. The second kappa shape index (κ2) is 3.84. The Labute approximate surface area is 51.6 Å². The van der Waals surface area contributed by atoms with Gasteiger partial charge in [0.1, 0.15) is 0 Å². The standard InChI is InChI=1S/C4H6OSSi/c1-2-3-4(6)5-7/h1H,3H2,7H3. The normalized spacial score (nSPS) is 7.29. The second-order valence-corrected chi connectivity index (χ2v) is 1.82. The van der Waals surface area contributed by atoms with Crippen molar-refractivity contribution in [1.82, 2.24) is 0 Å². The molecule has 0 spiro atoms. The van der Waals surface area contributed by atoms with Crippen molar-refractivity contribution >= 4 is 27.8 Å². The summed E-state index contributed by atoms with van der Waals surface area (Å²) in [4.78, 5) is 0. The predicted octanol–water partition coefficient (Wildman–Crippen LogP) is -0.366. The third-order valence-electron chi connectivity index (χ3n) is 0.474. The van der Waals surface area contributed by atoms with Crippen LogP contribution < -0.4 is 0 Å². The highest BCUT2D eigenvalue weighted by molar-refractivity contribution is 7.80. The molecule has 0 atom stereocenters. The average molecular weight is 130 g/mol. The van der Waals surface area contributed by atoms with Gasteiger partial charge in [0.15, 0.2) is 5.05 Å². The van der Waals surface area contributed by atoms with E-state index < -0.39 is 0 Å². The second-order valence-electron chi connectivity index (χ2n) is 0.957. The zero-order valence-electron chi connectivity index (χ0n) is 4.10. The van der Waals surface area contributed by atoms with E-state index >= 15 is 0 Å². The van der Waals surface area contributed by atoms with Crippen LogP contribution in [0.3, 0.4) is 0 Å². The zero-order valence-corrected chi connectivity index (χ0v) is 6.92. The Morgan fingerprint density at radius 1 is 2.00 bits per heavy atom. The topological polar surface area (TPSA) is 9.23 Å². The lowest BCUT2D eigenvalue weighted by atomic mass is 10.5. The molecule has 0 fully saturated rings. The minimum Gasteiger partial charge on any atom is -0.548 e. The molecule has 0 radical (unpaired) electrons. The lowest BCUT2D eigenvalue weighted by Crippen LogP contribution is -1.94. The Kier molecular flexibility index (Phi) is 3.66. The summed E-state index contributed by atoms with van der Waals surface area (Å²) in [5.41, 5.74) is 0. The van der Waals surface area contributed by atoms with Gasteiger partial charge in [-0.1, -0.05) is 5.92 Å². The van der Waals surface area contributed by atoms with Gasteiger partial charge in [0.25, 0.3) is 0 Å². The molecule has 38 valence electrons. The van der Waals surface area contributed by atoms with Gasteiger partial charge in [-0.15, -0.1) is 6.42 Å². The fraction of sp³-hybridized carbons (Fsp3) is 0.250. The van der Waals surface area contributed by atoms with Gasteiger partial charge in [0.05, 0.1) is 6.42 Å². The molecule has 0 aliphatic heterocycles. The third kappa shape index (κ3) is 3.50. The Morgan fingerprint density at radius 2 is 2.57 bits per heavy atom. The maximum absolute atomic E-state index is 4.90. The molecule has 1 nitrogen and oxygen atoms in total. The van der Waals surface area contributed by atoms with E-state index in [2.05, 4.69) is 18.1 Å². The molecule has 0 aliphatic carbocycles. The molecule has 0 saturated carbocycles. The predicted molar refractivity (Wildman–Crippen MR) is 37.1 cm³/mol. The molecule has 0 bridgehead atoms. The molecular formula is C4H6OSSi. The first-order valence-corrected chi connectivity index (χ1v) is 3.04. The fourth-order valence-electron chi connectivity index (χ4n) is 0.156. The number of hydrogen-bond donors (Lipinski definition) is 0. The van der Waals surface area contributed by atoms with Crippen molar-refractivity contribution in [1.29, 1.82) is 0 Å². The van der Waals surface area contributed by atoms with Crippen LogP contribution in [0, 0.1) is 12.3 Å². The monoisotopic (exact) mass is 130 g/mol. The molecule has 0 aromatic heterocycles. The zero-order chi connectivity index (χ0) is 5.70. The molecule has 0 N–H and O–H groups in total. The van der Waals surface area contributed by atoms with Crippen molar-refractivity contribution in [3.8, 4) is 12.3 Å². The lowest BCUT2D eigenvalue weighted by Gasteiger charge is -1.93. The van der Waals surface area contributed by atoms with Crippen molar-refractivity contribution < 1.29 is 4.43 Å². The van der Waals surface area contributed by atoms with Crippen LogP contribution in [-0.4, -0.2) is 15.5 Å². The van der Waals surface area contributed by atoms with Crippen LogP contribution >= 0.6 is 12.2 Å². The van der Waals surface area contributed by atoms with E-state index in [9.17, 15) is 0 Å². The third-order valence-corrected chi connectivity index (χ3v) is 1.57. The Bertz CT molecular complexity index is 105. The molecule has 0 saturated heterocycles. The molecule has 0 heterocycles. The van der Waals surface area contributed by atoms with E-state index in [0.29, 0.717) is 22.0 Å². The van der Waals surface area contributed by atoms with Crippen LogP contribution in [0.4, 0.5) is 0 Å². The molecule has 0 aromatic rings. The highest BCUT2D eigenvalue weighted by Gasteiger charge is 1.83. The summed E-state index contributed by atoms with van der Waals surface area (Å²) in [6.07, 6.45) is 5.37. The van der Waals surface area contributed by atoms with Gasteiger partial charge in [-0.25, -0.2) is 0 Å². The van der Waals surface area contributed by atoms with Gasteiger partial charge >= 0.3 is 0 Å². The molecule has 0 unspecified atom stereocenters. The molecule has 7 heavy (non-hydrogen) atoms. The quantitative estimate of drug-likeness (QED) is 0.272. The van der Waals surface area contributed by atoms with Crippen molar-refractivity contribution in [2.24, 2.45) is 0 Å². The summed E-state index contributed by atoms with van der Waals surface area (Å²) in [6, 6.07) is 0. The van der Waals surface area contributed by atoms with Crippen molar-refractivity contribution in [2.75, 3.05) is 0 Å². The summed E-state index contributed by atoms with van der Waals surface area (Å²) < 4.78 is 4.72. The SMILES string of the molecule is C#CCC(=S)O[SiH3]. The summed E-state index contributed by atoms with van der Waals surface area (Å²) in [7, 11) is 0.650. The van der Waals surface area contributed by atoms with Crippen LogP contribution in [0.1, 0.15) is 6.42 Å². The minimum atomic E-state index is 0.471. The summed E-state index contributed by atoms with van der Waals surface area (Å²) in [6.45, 7) is 0. The summed E-state index contributed by atoms with van der Waals surface area (Å²) in [5.74, 6) is 2.37. The Balaban J connectivity index is 3.23. The fourth-order valence-corrected chi connectivity index (χ4v) is 0.383. The number of hydrogen-bond acceptors (Lipinski definition) is 2. The van der Waals surface area contributed by atoms with E-state index in [1.807, 2.05) is 0 Å². The Hall–Kier alpha value is -0.333. The van der Waals surface area contributed by atoms with Gasteiger partial charge in [0, 0.05) is 0 Å². The van der Waals surface area contributed by atoms with E-state index in [0.717, 1.165) is 0 Å². The molecule has 0 aromatic carbocycles. The van der Waals surface area contributed by atoms with Crippen molar-refractivity contribution in [2.45, 2.75) is 6.42 Å². The maximum atomic E-state index is 4.90. The van der Waals surface area contributed by atoms with Crippen LogP contribution in [0.25, 0.3) is 0 Å². The molecule has 0 aliphatic rings. The molecular weight excluding hydrogens is 124 g/mol. The first-order chi connectivity index (χ1) is 3.31. The van der Waals surface area contributed by atoms with Crippen LogP contribution in [0.2, 0.25) is 0 Å². The van der Waals surface area contributed by atoms with Crippen LogP contribution in [0.15, 0.2) is 0 Å². The number of terminal acetylenes is 1. The van der Waals surface area contributed by atoms with Gasteiger partial charge in [0.2, 0.25) is 10.5 Å². The first kappa shape index (κ1) is 6.67. The summed E-state index contributed by atoms with van der Waals surface area (Å²) >= 11 is 4.62. The highest BCUT2D eigenvalue weighted by Crippen LogP contribution is 1.81. The van der Waals surface area contributed by atoms with E-state index in [1.165, 1.54) is 0 Å². The average Bonchev–Trinajstić information content (AvgIpc) is 1.68. The van der Waals surface area contributed by atoms with Gasteiger partial charge in [-0.2, -0.15) is 0 Å². The van der Waals surface area contributed by atoms with Crippen LogP contribution in [-0.2, 0) is 4.43 Å². The number of rotatable bonds is 1. The highest BCUT2D eigenvalue weighted by atomic mass is 32.1. The van der Waals surface area contributed by atoms with Gasteiger partial charge in [-0.05, 0) is 12.2 Å². The van der Waals surface area contributed by atoms with Crippen molar-refractivity contribution in [3.63, 3.8) is 0 Å². The van der Waals surface area contributed by atoms with E-state index in [4.69, 9.17) is 10.8 Å². The lowest BCUT2D eigenvalue weighted by molar-refractivity contribution is 0.619. The molecule has 0 amide bonds. The maximum Gasteiger partial charge on any atom is 0.204 e. The smallest absolute Gasteiger partial charge is 0.204 e. The molecule has 0 rings (SSSR count). The first-order valence-electron chi connectivity index (χ1n) is 1.81. The molecule has 3 heteroatoms.